The lowest BCUT2D eigenvalue weighted by atomic mass is 10.2. The molecule has 96 valence electrons. The standard InChI is InChI=1S/C7H8.C4H8O2.C2H4O2/c1-7-5-3-2-4-6-7;1-2-6-4-3-5-1;1-2(3)4/h2-6H,1H3;1-4H2;1H3,(H,3,4). The first-order valence-electron chi connectivity index (χ1n) is 5.49. The lowest BCUT2D eigenvalue weighted by molar-refractivity contribution is -0.134. The van der Waals surface area contributed by atoms with Crippen molar-refractivity contribution in [3.8, 4) is 0 Å². The molecule has 1 saturated heterocycles. The second-order valence-electron chi connectivity index (χ2n) is 3.40. The Balaban J connectivity index is 0.000000236. The Kier molecular flexibility index (Phi) is 10.2. The summed E-state index contributed by atoms with van der Waals surface area (Å²) in [7, 11) is 0. The van der Waals surface area contributed by atoms with Gasteiger partial charge in [0, 0.05) is 6.92 Å². The van der Waals surface area contributed by atoms with Crippen LogP contribution in [-0.2, 0) is 14.3 Å². The molecular weight excluding hydrogens is 220 g/mol. The van der Waals surface area contributed by atoms with Crippen LogP contribution < -0.4 is 0 Å². The number of benzene rings is 1. The van der Waals surface area contributed by atoms with Crippen molar-refractivity contribution in [2.45, 2.75) is 13.8 Å². The molecule has 0 aromatic heterocycles. The van der Waals surface area contributed by atoms with E-state index >= 15 is 0 Å². The van der Waals surface area contributed by atoms with Gasteiger partial charge in [-0.1, -0.05) is 35.9 Å². The maximum Gasteiger partial charge on any atom is 0.300 e. The fourth-order valence-corrected chi connectivity index (χ4v) is 0.974. The normalized spacial score (nSPS) is 13.5. The molecule has 0 radical (unpaired) electrons. The zero-order valence-corrected chi connectivity index (χ0v) is 10.4. The van der Waals surface area contributed by atoms with Gasteiger partial charge in [-0.15, -0.1) is 0 Å². The van der Waals surface area contributed by atoms with E-state index in [1.54, 1.807) is 0 Å². The SMILES string of the molecule is C1COCCO1.CC(=O)O.Cc1ccccc1. The van der Waals surface area contributed by atoms with Gasteiger partial charge in [0.15, 0.2) is 0 Å². The number of carboxylic acids is 1. The molecule has 17 heavy (non-hydrogen) atoms. The molecule has 1 fully saturated rings. The van der Waals surface area contributed by atoms with E-state index in [-0.39, 0.29) is 0 Å². The van der Waals surface area contributed by atoms with Gasteiger partial charge in [0.1, 0.15) is 0 Å². The molecule has 0 saturated carbocycles. The molecule has 1 aliphatic rings. The predicted octanol–water partition coefficient (Wildman–Crippen LogP) is 2.12. The van der Waals surface area contributed by atoms with Gasteiger partial charge >= 0.3 is 0 Å². The number of carboxylic acid groups (broad SMARTS) is 1. The van der Waals surface area contributed by atoms with Crippen LogP contribution in [0.1, 0.15) is 12.5 Å². The van der Waals surface area contributed by atoms with Crippen LogP contribution >= 0.6 is 0 Å². The highest BCUT2D eigenvalue weighted by Crippen LogP contribution is 1.92. The second-order valence-corrected chi connectivity index (χ2v) is 3.40. The zero-order valence-electron chi connectivity index (χ0n) is 10.4. The van der Waals surface area contributed by atoms with Crippen molar-refractivity contribution in [2.75, 3.05) is 26.4 Å². The first-order chi connectivity index (χ1) is 8.13. The summed E-state index contributed by atoms with van der Waals surface area (Å²) in [6, 6.07) is 10.3. The Morgan fingerprint density at radius 3 is 1.59 bits per heavy atom. The summed E-state index contributed by atoms with van der Waals surface area (Å²) < 4.78 is 9.89. The molecule has 1 aromatic rings. The molecule has 2 rings (SSSR count). The molecule has 0 unspecified atom stereocenters. The fourth-order valence-electron chi connectivity index (χ4n) is 0.974. The smallest absolute Gasteiger partial charge is 0.300 e. The molecule has 1 aromatic carbocycles. The van der Waals surface area contributed by atoms with Gasteiger partial charge in [0.25, 0.3) is 5.97 Å². The van der Waals surface area contributed by atoms with Crippen molar-refractivity contribution >= 4 is 5.97 Å². The van der Waals surface area contributed by atoms with Crippen LogP contribution in [0.25, 0.3) is 0 Å². The largest absolute Gasteiger partial charge is 0.481 e. The fraction of sp³-hybridized carbons (Fsp3) is 0.462. The van der Waals surface area contributed by atoms with E-state index in [1.165, 1.54) is 5.56 Å². The summed E-state index contributed by atoms with van der Waals surface area (Å²) in [6.07, 6.45) is 0. The van der Waals surface area contributed by atoms with E-state index in [9.17, 15) is 0 Å². The minimum atomic E-state index is -0.833. The molecule has 1 N–H and O–H groups in total. The minimum absolute atomic E-state index is 0.778. The molecule has 0 amide bonds. The van der Waals surface area contributed by atoms with Crippen LogP contribution in [0, 0.1) is 6.92 Å². The second kappa shape index (κ2) is 11.1. The average molecular weight is 240 g/mol. The predicted molar refractivity (Wildman–Crippen MR) is 66.1 cm³/mol. The molecule has 0 atom stereocenters. The van der Waals surface area contributed by atoms with Crippen molar-refractivity contribution in [3.63, 3.8) is 0 Å². The third-order valence-electron chi connectivity index (χ3n) is 1.68. The summed E-state index contributed by atoms with van der Waals surface area (Å²) in [6.45, 7) is 6.28. The number of hydrogen-bond acceptors (Lipinski definition) is 3. The monoisotopic (exact) mass is 240 g/mol. The van der Waals surface area contributed by atoms with E-state index in [0.717, 1.165) is 33.4 Å². The summed E-state index contributed by atoms with van der Waals surface area (Å²) in [5.74, 6) is -0.833. The number of carbonyl (C=O) groups is 1. The van der Waals surface area contributed by atoms with Gasteiger partial charge in [-0.05, 0) is 6.92 Å². The van der Waals surface area contributed by atoms with Gasteiger partial charge in [-0.2, -0.15) is 0 Å². The van der Waals surface area contributed by atoms with Crippen LogP contribution in [0.15, 0.2) is 30.3 Å². The maximum absolute atomic E-state index is 9.00. The van der Waals surface area contributed by atoms with Crippen molar-refractivity contribution in [2.24, 2.45) is 0 Å². The van der Waals surface area contributed by atoms with Gasteiger partial charge in [0.05, 0.1) is 26.4 Å². The molecule has 0 aliphatic carbocycles. The number of ether oxygens (including phenoxy) is 2. The Bertz CT molecular complexity index is 265. The van der Waals surface area contributed by atoms with Gasteiger partial charge in [0.2, 0.25) is 0 Å². The molecule has 4 heteroatoms. The zero-order chi connectivity index (χ0) is 12.9. The first-order valence-corrected chi connectivity index (χ1v) is 5.49. The first kappa shape index (κ1) is 15.6. The van der Waals surface area contributed by atoms with Crippen LogP contribution in [0.4, 0.5) is 0 Å². The molecular formula is C13H20O4. The van der Waals surface area contributed by atoms with E-state index in [0.29, 0.717) is 0 Å². The summed E-state index contributed by atoms with van der Waals surface area (Å²) in [4.78, 5) is 9.00. The summed E-state index contributed by atoms with van der Waals surface area (Å²) >= 11 is 0. The van der Waals surface area contributed by atoms with Crippen molar-refractivity contribution in [3.05, 3.63) is 35.9 Å². The van der Waals surface area contributed by atoms with Crippen LogP contribution in [0.5, 0.6) is 0 Å². The molecule has 1 aliphatic heterocycles. The summed E-state index contributed by atoms with van der Waals surface area (Å²) in [5, 5.41) is 7.42. The van der Waals surface area contributed by atoms with Crippen molar-refractivity contribution in [1.82, 2.24) is 0 Å². The van der Waals surface area contributed by atoms with Gasteiger partial charge in [-0.3, -0.25) is 4.79 Å². The minimum Gasteiger partial charge on any atom is -0.481 e. The van der Waals surface area contributed by atoms with Crippen LogP contribution in [0.2, 0.25) is 0 Å². The lowest BCUT2D eigenvalue weighted by Crippen LogP contribution is -2.16. The highest BCUT2D eigenvalue weighted by Gasteiger charge is 1.94. The number of rotatable bonds is 0. The van der Waals surface area contributed by atoms with Crippen molar-refractivity contribution in [1.29, 1.82) is 0 Å². The Morgan fingerprint density at radius 2 is 1.41 bits per heavy atom. The van der Waals surface area contributed by atoms with Gasteiger partial charge in [-0.25, -0.2) is 0 Å². The lowest BCUT2D eigenvalue weighted by Gasteiger charge is -2.09. The number of hydrogen-bond donors (Lipinski definition) is 1. The van der Waals surface area contributed by atoms with Crippen molar-refractivity contribution < 1.29 is 19.4 Å². The van der Waals surface area contributed by atoms with Gasteiger partial charge < -0.3 is 14.6 Å². The Hall–Kier alpha value is -1.39. The number of aryl methyl sites for hydroxylation is 1. The molecule has 4 nitrogen and oxygen atoms in total. The topological polar surface area (TPSA) is 55.8 Å². The number of aliphatic carboxylic acids is 1. The van der Waals surface area contributed by atoms with Crippen LogP contribution in [-0.4, -0.2) is 37.5 Å². The third-order valence-corrected chi connectivity index (χ3v) is 1.68. The Morgan fingerprint density at radius 1 is 1.06 bits per heavy atom. The molecule has 0 spiro atoms. The van der Waals surface area contributed by atoms with Crippen LogP contribution in [0.3, 0.4) is 0 Å². The highest BCUT2D eigenvalue weighted by molar-refractivity contribution is 5.62. The average Bonchev–Trinajstić information content (AvgIpc) is 2.32. The van der Waals surface area contributed by atoms with E-state index in [2.05, 4.69) is 19.1 Å². The van der Waals surface area contributed by atoms with E-state index in [4.69, 9.17) is 19.4 Å². The third kappa shape index (κ3) is 14.6. The quantitative estimate of drug-likeness (QED) is 0.754. The van der Waals surface area contributed by atoms with E-state index in [1.807, 2.05) is 18.2 Å². The Labute approximate surface area is 102 Å². The molecule has 0 bridgehead atoms. The highest BCUT2D eigenvalue weighted by atomic mass is 16.6. The molecule has 1 heterocycles. The van der Waals surface area contributed by atoms with E-state index < -0.39 is 5.97 Å². The maximum atomic E-state index is 9.00. The summed E-state index contributed by atoms with van der Waals surface area (Å²) in [5.41, 5.74) is 1.32.